The third-order valence-electron chi connectivity index (χ3n) is 5.39. The first kappa shape index (κ1) is 20.0. The minimum absolute atomic E-state index is 0.0555. The van der Waals surface area contributed by atoms with Gasteiger partial charge in [-0.25, -0.2) is 4.98 Å². The number of piperazine rings is 1. The van der Waals surface area contributed by atoms with E-state index in [0.29, 0.717) is 23.7 Å². The fourth-order valence-corrected chi connectivity index (χ4v) is 4.36. The number of hydrogen-bond donors (Lipinski definition) is 1. The summed E-state index contributed by atoms with van der Waals surface area (Å²) < 4.78 is 0. The van der Waals surface area contributed by atoms with E-state index in [0.717, 1.165) is 13.1 Å². The molecule has 0 bridgehead atoms. The molecule has 4 rings (SSSR count). The van der Waals surface area contributed by atoms with Gasteiger partial charge in [-0.1, -0.05) is 12.1 Å². The van der Waals surface area contributed by atoms with Crippen LogP contribution in [0.5, 0.6) is 0 Å². The molecule has 0 radical (unpaired) electrons. The summed E-state index contributed by atoms with van der Waals surface area (Å²) in [6.07, 6.45) is 4.37. The lowest BCUT2D eigenvalue weighted by molar-refractivity contribution is 0.0752. The van der Waals surface area contributed by atoms with Gasteiger partial charge in [0.2, 0.25) is 0 Å². The second-order valence-electron chi connectivity index (χ2n) is 7.21. The lowest BCUT2D eigenvalue weighted by atomic mass is 10.1. The number of nitrogens with zero attached hydrogens (tertiary/aromatic N) is 4. The van der Waals surface area contributed by atoms with Crippen LogP contribution in [-0.4, -0.2) is 52.9 Å². The van der Waals surface area contributed by atoms with E-state index in [4.69, 9.17) is 0 Å². The molecule has 3 aromatic rings. The molecule has 0 saturated carbocycles. The fraction of sp³-hybridized carbons (Fsp3) is 0.273. The summed E-state index contributed by atoms with van der Waals surface area (Å²) in [5.41, 5.74) is 4.51. The maximum atomic E-state index is 13.1. The van der Waals surface area contributed by atoms with Gasteiger partial charge in [-0.3, -0.25) is 14.6 Å². The summed E-state index contributed by atoms with van der Waals surface area (Å²) >= 11 is 1.33. The van der Waals surface area contributed by atoms with Crippen LogP contribution in [0.4, 0.5) is 11.4 Å². The molecule has 8 heteroatoms. The topological polar surface area (TPSA) is 78.4 Å². The average Bonchev–Trinajstić information content (AvgIpc) is 3.24. The van der Waals surface area contributed by atoms with Crippen LogP contribution in [0.3, 0.4) is 0 Å². The van der Waals surface area contributed by atoms with Crippen molar-refractivity contribution < 1.29 is 9.59 Å². The van der Waals surface area contributed by atoms with Crippen molar-refractivity contribution in [1.29, 1.82) is 0 Å². The standard InChI is InChI=1S/C22H23N5O2S/c1-15-4-3-5-19(16(15)2)26-9-11-27(12-10-26)22(29)20-17(6-13-30-20)25-21(28)18-14-23-7-8-24-18/h3-8,13-14H,9-12H2,1-2H3,(H,25,28). The highest BCUT2D eigenvalue weighted by atomic mass is 32.1. The predicted octanol–water partition coefficient (Wildman–Crippen LogP) is 3.37. The highest BCUT2D eigenvalue weighted by Gasteiger charge is 2.26. The highest BCUT2D eigenvalue weighted by Crippen LogP contribution is 2.27. The fourth-order valence-electron chi connectivity index (χ4n) is 3.55. The first-order valence-corrected chi connectivity index (χ1v) is 10.7. The second-order valence-corrected chi connectivity index (χ2v) is 8.12. The van der Waals surface area contributed by atoms with Crippen molar-refractivity contribution in [3.8, 4) is 0 Å². The molecule has 30 heavy (non-hydrogen) atoms. The molecule has 2 aromatic heterocycles. The highest BCUT2D eigenvalue weighted by molar-refractivity contribution is 7.12. The van der Waals surface area contributed by atoms with Crippen LogP contribution in [-0.2, 0) is 0 Å². The van der Waals surface area contributed by atoms with E-state index in [-0.39, 0.29) is 17.5 Å². The van der Waals surface area contributed by atoms with Crippen molar-refractivity contribution in [3.63, 3.8) is 0 Å². The van der Waals surface area contributed by atoms with Crippen LogP contribution in [0.2, 0.25) is 0 Å². The smallest absolute Gasteiger partial charge is 0.275 e. The number of nitrogens with one attached hydrogen (secondary N) is 1. The van der Waals surface area contributed by atoms with Crippen molar-refractivity contribution in [3.05, 3.63) is 69.9 Å². The first-order chi connectivity index (χ1) is 14.5. The number of benzene rings is 1. The van der Waals surface area contributed by atoms with E-state index in [1.807, 2.05) is 10.3 Å². The van der Waals surface area contributed by atoms with Crippen LogP contribution < -0.4 is 10.2 Å². The van der Waals surface area contributed by atoms with Crippen molar-refractivity contribution in [2.24, 2.45) is 0 Å². The SMILES string of the molecule is Cc1cccc(N2CCN(C(=O)c3sccc3NC(=O)c3cnccn3)CC2)c1C. The Morgan fingerprint density at radius 3 is 2.60 bits per heavy atom. The minimum Gasteiger partial charge on any atom is -0.368 e. The summed E-state index contributed by atoms with van der Waals surface area (Å²) in [6.45, 7) is 7.10. The molecule has 0 unspecified atom stereocenters. The number of hydrogen-bond acceptors (Lipinski definition) is 6. The molecular weight excluding hydrogens is 398 g/mol. The number of thiophene rings is 1. The molecule has 154 valence electrons. The summed E-state index contributed by atoms with van der Waals surface area (Å²) in [5.74, 6) is -0.435. The van der Waals surface area contributed by atoms with E-state index in [2.05, 4.69) is 52.2 Å². The van der Waals surface area contributed by atoms with Crippen molar-refractivity contribution >= 4 is 34.5 Å². The Bertz CT molecular complexity index is 1060. The lowest BCUT2D eigenvalue weighted by Crippen LogP contribution is -2.49. The molecule has 1 saturated heterocycles. The van der Waals surface area contributed by atoms with Gasteiger partial charge in [-0.2, -0.15) is 0 Å². The molecule has 1 aliphatic heterocycles. The molecule has 7 nitrogen and oxygen atoms in total. The molecule has 0 atom stereocenters. The Balaban J connectivity index is 1.42. The Morgan fingerprint density at radius 2 is 1.87 bits per heavy atom. The van der Waals surface area contributed by atoms with E-state index in [1.165, 1.54) is 46.7 Å². The molecule has 1 N–H and O–H groups in total. The number of rotatable bonds is 4. The maximum Gasteiger partial charge on any atom is 0.275 e. The molecular formula is C22H23N5O2S. The second kappa shape index (κ2) is 8.62. The van der Waals surface area contributed by atoms with Crippen LogP contribution in [0.25, 0.3) is 0 Å². The molecule has 1 fully saturated rings. The Labute approximate surface area is 179 Å². The zero-order chi connectivity index (χ0) is 21.1. The minimum atomic E-state index is -0.379. The van der Waals surface area contributed by atoms with Gasteiger partial charge < -0.3 is 15.1 Å². The van der Waals surface area contributed by atoms with E-state index >= 15 is 0 Å². The van der Waals surface area contributed by atoms with Gasteiger partial charge in [-0.15, -0.1) is 11.3 Å². The maximum absolute atomic E-state index is 13.1. The molecule has 1 aromatic carbocycles. The number of carbonyl (C=O) groups is 2. The monoisotopic (exact) mass is 421 g/mol. The molecule has 1 aliphatic rings. The third kappa shape index (κ3) is 4.04. The summed E-state index contributed by atoms with van der Waals surface area (Å²) in [6, 6.07) is 8.08. The van der Waals surface area contributed by atoms with Crippen LogP contribution in [0.15, 0.2) is 48.2 Å². The quantitative estimate of drug-likeness (QED) is 0.699. The largest absolute Gasteiger partial charge is 0.368 e. The normalized spacial score (nSPS) is 13.9. The third-order valence-corrected chi connectivity index (χ3v) is 6.29. The van der Waals surface area contributed by atoms with Gasteiger partial charge in [0.1, 0.15) is 10.6 Å². The molecule has 0 spiro atoms. The van der Waals surface area contributed by atoms with Gasteiger partial charge in [0.15, 0.2) is 0 Å². The number of amides is 2. The first-order valence-electron chi connectivity index (χ1n) is 9.80. The van der Waals surface area contributed by atoms with E-state index in [1.54, 1.807) is 6.07 Å². The summed E-state index contributed by atoms with van der Waals surface area (Å²) in [7, 11) is 0. The van der Waals surface area contributed by atoms with Gasteiger partial charge >= 0.3 is 0 Å². The van der Waals surface area contributed by atoms with Gasteiger partial charge in [-0.05, 0) is 42.5 Å². The Kier molecular flexibility index (Phi) is 5.76. The van der Waals surface area contributed by atoms with Crippen LogP contribution in [0, 0.1) is 13.8 Å². The van der Waals surface area contributed by atoms with Gasteiger partial charge in [0, 0.05) is 44.3 Å². The van der Waals surface area contributed by atoms with Crippen molar-refractivity contribution in [2.75, 3.05) is 36.4 Å². The number of aromatic nitrogens is 2. The Morgan fingerprint density at radius 1 is 1.07 bits per heavy atom. The average molecular weight is 422 g/mol. The molecule has 0 aliphatic carbocycles. The van der Waals surface area contributed by atoms with Crippen LogP contribution >= 0.6 is 11.3 Å². The van der Waals surface area contributed by atoms with Crippen molar-refractivity contribution in [2.45, 2.75) is 13.8 Å². The zero-order valence-corrected chi connectivity index (χ0v) is 17.8. The number of anilines is 2. The van der Waals surface area contributed by atoms with E-state index in [9.17, 15) is 9.59 Å². The predicted molar refractivity (Wildman–Crippen MR) is 118 cm³/mol. The van der Waals surface area contributed by atoms with Crippen LogP contribution in [0.1, 0.15) is 31.3 Å². The zero-order valence-electron chi connectivity index (χ0n) is 17.0. The Hall–Kier alpha value is -3.26. The number of carbonyl (C=O) groups excluding carboxylic acids is 2. The number of aryl methyl sites for hydroxylation is 1. The summed E-state index contributed by atoms with van der Waals surface area (Å²) in [4.78, 5) is 38.1. The van der Waals surface area contributed by atoms with E-state index < -0.39 is 0 Å². The summed E-state index contributed by atoms with van der Waals surface area (Å²) in [5, 5.41) is 4.60. The molecule has 3 heterocycles. The van der Waals surface area contributed by atoms with Crippen molar-refractivity contribution in [1.82, 2.24) is 14.9 Å². The van der Waals surface area contributed by atoms with Gasteiger partial charge in [0.25, 0.3) is 11.8 Å². The lowest BCUT2D eigenvalue weighted by Gasteiger charge is -2.37. The molecule has 2 amide bonds. The van der Waals surface area contributed by atoms with Gasteiger partial charge in [0.05, 0.1) is 11.9 Å².